The molecule has 0 aromatic carbocycles. The van der Waals surface area contributed by atoms with Crippen molar-refractivity contribution in [2.24, 2.45) is 11.8 Å². The van der Waals surface area contributed by atoms with Gasteiger partial charge in [-0.25, -0.2) is 0 Å². The van der Waals surface area contributed by atoms with Crippen LogP contribution in [-0.4, -0.2) is 5.78 Å². The van der Waals surface area contributed by atoms with E-state index in [2.05, 4.69) is 0 Å². The van der Waals surface area contributed by atoms with E-state index in [9.17, 15) is 4.79 Å². The standard InChI is InChI=1S/C15H26O/c16-15-12-11-13-9-7-5-3-1-2-4-6-8-10-14(13)15/h13-14H,1-12H2. The molecule has 2 aliphatic carbocycles. The lowest BCUT2D eigenvalue weighted by molar-refractivity contribution is -0.121. The van der Waals surface area contributed by atoms with Crippen LogP contribution in [0.2, 0.25) is 0 Å². The van der Waals surface area contributed by atoms with Crippen molar-refractivity contribution in [2.45, 2.75) is 77.0 Å². The van der Waals surface area contributed by atoms with Gasteiger partial charge in [0.25, 0.3) is 0 Å². The van der Waals surface area contributed by atoms with Crippen LogP contribution in [0.1, 0.15) is 77.0 Å². The summed E-state index contributed by atoms with van der Waals surface area (Å²) in [5.41, 5.74) is 0. The Morgan fingerprint density at radius 2 is 1.25 bits per heavy atom. The van der Waals surface area contributed by atoms with E-state index in [1.54, 1.807) is 0 Å². The molecule has 0 N–H and O–H groups in total. The predicted octanol–water partition coefficient (Wildman–Crippen LogP) is 4.50. The van der Waals surface area contributed by atoms with Crippen molar-refractivity contribution in [3.8, 4) is 0 Å². The summed E-state index contributed by atoms with van der Waals surface area (Å²) in [6, 6.07) is 0. The van der Waals surface area contributed by atoms with Crippen molar-refractivity contribution in [1.29, 1.82) is 0 Å². The van der Waals surface area contributed by atoms with Crippen molar-refractivity contribution in [3.05, 3.63) is 0 Å². The maximum absolute atomic E-state index is 11.8. The molecule has 0 aromatic heterocycles. The molecule has 1 heteroatoms. The molecule has 0 aromatic rings. The lowest BCUT2D eigenvalue weighted by atomic mass is 9.85. The van der Waals surface area contributed by atoms with E-state index in [1.165, 1.54) is 70.6 Å². The maximum atomic E-state index is 11.8. The van der Waals surface area contributed by atoms with Gasteiger partial charge in [0.1, 0.15) is 5.78 Å². The van der Waals surface area contributed by atoms with Gasteiger partial charge in [-0.1, -0.05) is 51.4 Å². The van der Waals surface area contributed by atoms with Crippen LogP contribution < -0.4 is 0 Å². The normalized spacial score (nSPS) is 33.9. The summed E-state index contributed by atoms with van der Waals surface area (Å²) in [6.07, 6.45) is 15.7. The van der Waals surface area contributed by atoms with Crippen LogP contribution in [0.4, 0.5) is 0 Å². The lowest BCUT2D eigenvalue weighted by Crippen LogP contribution is -2.15. The van der Waals surface area contributed by atoms with Gasteiger partial charge in [-0.3, -0.25) is 4.79 Å². The first-order chi connectivity index (χ1) is 7.88. The van der Waals surface area contributed by atoms with Crippen molar-refractivity contribution in [3.63, 3.8) is 0 Å². The van der Waals surface area contributed by atoms with Gasteiger partial charge in [-0.05, 0) is 25.2 Å². The third-order valence-corrected chi connectivity index (χ3v) is 4.58. The molecule has 2 atom stereocenters. The van der Waals surface area contributed by atoms with Crippen LogP contribution in [0.3, 0.4) is 0 Å². The molecule has 2 unspecified atom stereocenters. The fourth-order valence-corrected chi connectivity index (χ4v) is 3.55. The number of carbonyl (C=O) groups is 1. The first kappa shape index (κ1) is 12.1. The summed E-state index contributed by atoms with van der Waals surface area (Å²) in [6.45, 7) is 0. The molecule has 0 spiro atoms. The van der Waals surface area contributed by atoms with E-state index >= 15 is 0 Å². The third kappa shape index (κ3) is 3.33. The van der Waals surface area contributed by atoms with Crippen LogP contribution in [0.15, 0.2) is 0 Å². The molecule has 0 amide bonds. The molecule has 2 aliphatic rings. The number of carbonyl (C=O) groups excluding carboxylic acids is 1. The zero-order valence-corrected chi connectivity index (χ0v) is 10.5. The van der Waals surface area contributed by atoms with Crippen LogP contribution in [0.5, 0.6) is 0 Å². The van der Waals surface area contributed by atoms with Gasteiger partial charge in [-0.2, -0.15) is 0 Å². The zero-order valence-electron chi connectivity index (χ0n) is 10.5. The summed E-state index contributed by atoms with van der Waals surface area (Å²) in [4.78, 5) is 11.8. The molecular formula is C15H26O. The van der Waals surface area contributed by atoms with E-state index in [4.69, 9.17) is 0 Å². The number of Topliss-reactive ketones (excluding diaryl/α,β-unsaturated/α-hetero) is 1. The second kappa shape index (κ2) is 6.42. The van der Waals surface area contributed by atoms with E-state index in [0.29, 0.717) is 11.7 Å². The second-order valence-electron chi connectivity index (χ2n) is 5.78. The van der Waals surface area contributed by atoms with E-state index in [0.717, 1.165) is 12.3 Å². The average Bonchev–Trinajstić information content (AvgIpc) is 2.60. The molecular weight excluding hydrogens is 196 g/mol. The summed E-state index contributed by atoms with van der Waals surface area (Å²) < 4.78 is 0. The van der Waals surface area contributed by atoms with Gasteiger partial charge in [0.15, 0.2) is 0 Å². The Balaban J connectivity index is 1.85. The van der Waals surface area contributed by atoms with Gasteiger partial charge in [0.2, 0.25) is 0 Å². The highest BCUT2D eigenvalue weighted by atomic mass is 16.1. The van der Waals surface area contributed by atoms with Crippen molar-refractivity contribution in [1.82, 2.24) is 0 Å². The molecule has 0 aliphatic heterocycles. The molecule has 2 rings (SSSR count). The van der Waals surface area contributed by atoms with E-state index in [-0.39, 0.29) is 0 Å². The van der Waals surface area contributed by atoms with Crippen LogP contribution in [0, 0.1) is 11.8 Å². The molecule has 0 radical (unpaired) electrons. The number of ketones is 1. The molecule has 92 valence electrons. The lowest BCUT2D eigenvalue weighted by Gasteiger charge is -2.19. The molecule has 0 heterocycles. The minimum Gasteiger partial charge on any atom is -0.299 e. The second-order valence-corrected chi connectivity index (χ2v) is 5.78. The Labute approximate surface area is 100.0 Å². The van der Waals surface area contributed by atoms with Crippen molar-refractivity contribution >= 4 is 5.78 Å². The Bertz CT molecular complexity index is 221. The Morgan fingerprint density at radius 1 is 0.688 bits per heavy atom. The van der Waals surface area contributed by atoms with Crippen molar-refractivity contribution in [2.75, 3.05) is 0 Å². The molecule has 2 fully saturated rings. The maximum Gasteiger partial charge on any atom is 0.136 e. The highest BCUT2D eigenvalue weighted by Gasteiger charge is 2.33. The van der Waals surface area contributed by atoms with E-state index < -0.39 is 0 Å². The Kier molecular flexibility index (Phi) is 4.87. The fraction of sp³-hybridized carbons (Fsp3) is 0.933. The first-order valence-corrected chi connectivity index (χ1v) is 7.40. The van der Waals surface area contributed by atoms with Gasteiger partial charge >= 0.3 is 0 Å². The molecule has 0 bridgehead atoms. The van der Waals surface area contributed by atoms with Crippen LogP contribution in [-0.2, 0) is 4.79 Å². The largest absolute Gasteiger partial charge is 0.299 e. The van der Waals surface area contributed by atoms with Gasteiger partial charge in [-0.15, -0.1) is 0 Å². The first-order valence-electron chi connectivity index (χ1n) is 7.40. The fourth-order valence-electron chi connectivity index (χ4n) is 3.55. The molecule has 1 nitrogen and oxygen atoms in total. The minimum absolute atomic E-state index is 0.458. The van der Waals surface area contributed by atoms with Crippen molar-refractivity contribution < 1.29 is 4.79 Å². The molecule has 16 heavy (non-hydrogen) atoms. The number of hydrogen-bond donors (Lipinski definition) is 0. The molecule has 2 saturated carbocycles. The topological polar surface area (TPSA) is 17.1 Å². The van der Waals surface area contributed by atoms with Gasteiger partial charge in [0.05, 0.1) is 0 Å². The summed E-state index contributed by atoms with van der Waals surface area (Å²) in [5, 5.41) is 0. The summed E-state index contributed by atoms with van der Waals surface area (Å²) in [7, 11) is 0. The van der Waals surface area contributed by atoms with Crippen LogP contribution in [0.25, 0.3) is 0 Å². The highest BCUT2D eigenvalue weighted by Crippen LogP contribution is 2.36. The van der Waals surface area contributed by atoms with Crippen LogP contribution >= 0.6 is 0 Å². The number of fused-ring (bicyclic) bond motifs is 1. The summed E-state index contributed by atoms with van der Waals surface area (Å²) in [5.74, 6) is 1.80. The highest BCUT2D eigenvalue weighted by molar-refractivity contribution is 5.83. The predicted molar refractivity (Wildman–Crippen MR) is 67.4 cm³/mol. The van der Waals surface area contributed by atoms with Gasteiger partial charge in [0, 0.05) is 12.3 Å². The van der Waals surface area contributed by atoms with E-state index in [1.807, 2.05) is 0 Å². The smallest absolute Gasteiger partial charge is 0.136 e. The summed E-state index contributed by atoms with van der Waals surface area (Å²) >= 11 is 0. The Morgan fingerprint density at radius 3 is 1.94 bits per heavy atom. The SMILES string of the molecule is O=C1CCC2CCCCCCCCCCC12. The molecule has 0 saturated heterocycles. The monoisotopic (exact) mass is 222 g/mol. The minimum atomic E-state index is 0.458. The average molecular weight is 222 g/mol. The number of rotatable bonds is 0. The zero-order chi connectivity index (χ0) is 11.2. The number of hydrogen-bond acceptors (Lipinski definition) is 1. The quantitative estimate of drug-likeness (QED) is 0.590. The third-order valence-electron chi connectivity index (χ3n) is 4.58. The van der Waals surface area contributed by atoms with Gasteiger partial charge < -0.3 is 0 Å². The Hall–Kier alpha value is -0.330.